The van der Waals surface area contributed by atoms with Crippen molar-refractivity contribution in [2.45, 2.75) is 38.6 Å². The van der Waals surface area contributed by atoms with Crippen molar-refractivity contribution in [2.24, 2.45) is 4.99 Å². The molecule has 0 saturated carbocycles. The van der Waals surface area contributed by atoms with E-state index in [0.29, 0.717) is 5.89 Å². The fourth-order valence-electron chi connectivity index (χ4n) is 3.64. The van der Waals surface area contributed by atoms with Gasteiger partial charge in [0.05, 0.1) is 26.4 Å². The number of aryl methyl sites for hydroxylation is 1. The maximum atomic E-state index is 5.55. The normalized spacial score (nSPS) is 16.2. The van der Waals surface area contributed by atoms with E-state index >= 15 is 0 Å². The maximum absolute atomic E-state index is 5.55. The number of rotatable bonds is 10. The zero-order chi connectivity index (χ0) is 22.8. The van der Waals surface area contributed by atoms with Crippen molar-refractivity contribution in [3.05, 3.63) is 41.5 Å². The third-order valence-corrected chi connectivity index (χ3v) is 5.53. The van der Waals surface area contributed by atoms with E-state index in [1.165, 1.54) is 5.56 Å². The maximum Gasteiger partial charge on any atom is 0.226 e. The Kier molecular flexibility index (Phi) is 9.30. The number of aliphatic imine (C=N–C) groups is 1. The summed E-state index contributed by atoms with van der Waals surface area (Å²) in [4.78, 5) is 11.3. The van der Waals surface area contributed by atoms with Gasteiger partial charge in [-0.05, 0) is 24.1 Å². The molecule has 1 aromatic carbocycles. The van der Waals surface area contributed by atoms with Crippen molar-refractivity contribution in [2.75, 3.05) is 53.6 Å². The lowest BCUT2D eigenvalue weighted by Crippen LogP contribution is -2.46. The van der Waals surface area contributed by atoms with Crippen molar-refractivity contribution in [3.8, 4) is 5.75 Å². The second-order valence-corrected chi connectivity index (χ2v) is 8.12. The predicted octanol–water partition coefficient (Wildman–Crippen LogP) is 2.37. The number of nitrogens with zero attached hydrogens (tertiary/aromatic N) is 4. The number of aromatic nitrogens is 2. The SMILES string of the molecule is CN=C(NCCCc1nc(C(C)C)no1)NCC(c1ccc(OC)cc1)N1CCOCC1. The summed E-state index contributed by atoms with van der Waals surface area (Å²) in [7, 11) is 3.48. The zero-order valence-electron chi connectivity index (χ0n) is 19.6. The van der Waals surface area contributed by atoms with Gasteiger partial charge in [-0.3, -0.25) is 9.89 Å². The topological polar surface area (TPSA) is 97.0 Å². The Hall–Kier alpha value is -2.65. The molecule has 1 atom stereocenters. The molecule has 3 rings (SSSR count). The fourth-order valence-corrected chi connectivity index (χ4v) is 3.64. The van der Waals surface area contributed by atoms with Crippen LogP contribution in [0.3, 0.4) is 0 Å². The van der Waals surface area contributed by atoms with Gasteiger partial charge >= 0.3 is 0 Å². The van der Waals surface area contributed by atoms with Crippen molar-refractivity contribution < 1.29 is 14.0 Å². The van der Waals surface area contributed by atoms with Crippen LogP contribution in [0.1, 0.15) is 49.5 Å². The summed E-state index contributed by atoms with van der Waals surface area (Å²) in [5, 5.41) is 10.9. The van der Waals surface area contributed by atoms with E-state index in [9.17, 15) is 0 Å². The van der Waals surface area contributed by atoms with Crippen LogP contribution in [0, 0.1) is 0 Å². The summed E-state index contributed by atoms with van der Waals surface area (Å²) in [5.41, 5.74) is 1.24. The van der Waals surface area contributed by atoms with Crippen LogP contribution >= 0.6 is 0 Å². The van der Waals surface area contributed by atoms with Gasteiger partial charge in [0, 0.05) is 45.6 Å². The molecule has 1 unspecified atom stereocenters. The second kappa shape index (κ2) is 12.4. The van der Waals surface area contributed by atoms with E-state index in [2.05, 4.69) is 56.6 Å². The molecule has 0 spiro atoms. The number of benzene rings is 1. The van der Waals surface area contributed by atoms with Crippen molar-refractivity contribution >= 4 is 5.96 Å². The first-order valence-electron chi connectivity index (χ1n) is 11.3. The lowest BCUT2D eigenvalue weighted by Gasteiger charge is -2.35. The van der Waals surface area contributed by atoms with Crippen LogP contribution in [0.25, 0.3) is 0 Å². The minimum Gasteiger partial charge on any atom is -0.497 e. The number of hydrogen-bond donors (Lipinski definition) is 2. The van der Waals surface area contributed by atoms with Gasteiger partial charge < -0.3 is 24.6 Å². The van der Waals surface area contributed by atoms with E-state index in [4.69, 9.17) is 14.0 Å². The van der Waals surface area contributed by atoms with E-state index in [-0.39, 0.29) is 12.0 Å². The van der Waals surface area contributed by atoms with Gasteiger partial charge in [-0.2, -0.15) is 4.98 Å². The molecule has 0 aliphatic carbocycles. The Morgan fingerprint density at radius 1 is 1.19 bits per heavy atom. The number of methoxy groups -OCH3 is 1. The summed E-state index contributed by atoms with van der Waals surface area (Å²) in [6, 6.07) is 8.51. The van der Waals surface area contributed by atoms with Crippen molar-refractivity contribution in [1.29, 1.82) is 0 Å². The Morgan fingerprint density at radius 2 is 1.94 bits per heavy atom. The second-order valence-electron chi connectivity index (χ2n) is 8.12. The van der Waals surface area contributed by atoms with Crippen molar-refractivity contribution in [3.63, 3.8) is 0 Å². The number of hydrogen-bond acceptors (Lipinski definition) is 7. The molecule has 2 N–H and O–H groups in total. The van der Waals surface area contributed by atoms with Gasteiger partial charge in [0.1, 0.15) is 5.75 Å². The minimum absolute atomic E-state index is 0.219. The van der Waals surface area contributed by atoms with Crippen LogP contribution in [0.5, 0.6) is 5.75 Å². The van der Waals surface area contributed by atoms with Gasteiger partial charge in [-0.1, -0.05) is 31.1 Å². The summed E-state index contributed by atoms with van der Waals surface area (Å²) >= 11 is 0. The smallest absolute Gasteiger partial charge is 0.226 e. The van der Waals surface area contributed by atoms with Gasteiger partial charge in [0.25, 0.3) is 0 Å². The first-order valence-corrected chi connectivity index (χ1v) is 11.3. The average molecular weight is 445 g/mol. The third kappa shape index (κ3) is 6.93. The lowest BCUT2D eigenvalue weighted by atomic mass is 10.0. The van der Waals surface area contributed by atoms with Crippen LogP contribution in [0.4, 0.5) is 0 Å². The van der Waals surface area contributed by atoms with Gasteiger partial charge in [0.15, 0.2) is 11.8 Å². The molecule has 32 heavy (non-hydrogen) atoms. The number of morpholine rings is 1. The van der Waals surface area contributed by atoms with Gasteiger partial charge in [-0.15, -0.1) is 0 Å². The highest BCUT2D eigenvalue weighted by Gasteiger charge is 2.23. The Balaban J connectivity index is 1.51. The molecule has 2 heterocycles. The van der Waals surface area contributed by atoms with Gasteiger partial charge in [0.2, 0.25) is 5.89 Å². The molecule has 1 aromatic heterocycles. The lowest BCUT2D eigenvalue weighted by molar-refractivity contribution is 0.0170. The first kappa shape index (κ1) is 24.0. The summed E-state index contributed by atoms with van der Waals surface area (Å²) in [6.07, 6.45) is 1.62. The van der Waals surface area contributed by atoms with Crippen LogP contribution in [0.15, 0.2) is 33.8 Å². The largest absolute Gasteiger partial charge is 0.497 e. The molecule has 1 saturated heterocycles. The molecule has 1 aliphatic rings. The fraction of sp³-hybridized carbons (Fsp3) is 0.609. The van der Waals surface area contributed by atoms with Gasteiger partial charge in [-0.25, -0.2) is 0 Å². The molecule has 1 aliphatic heterocycles. The highest BCUT2D eigenvalue weighted by atomic mass is 16.5. The monoisotopic (exact) mass is 444 g/mol. The Morgan fingerprint density at radius 3 is 2.56 bits per heavy atom. The average Bonchev–Trinajstić information content (AvgIpc) is 3.31. The summed E-state index contributed by atoms with van der Waals surface area (Å²) < 4.78 is 16.2. The quantitative estimate of drug-likeness (QED) is 0.328. The molecular weight excluding hydrogens is 408 g/mol. The number of ether oxygens (including phenoxy) is 2. The summed E-state index contributed by atoms with van der Waals surface area (Å²) in [6.45, 7) is 8.96. The molecule has 0 amide bonds. The molecule has 2 aromatic rings. The first-order chi connectivity index (χ1) is 15.6. The zero-order valence-corrected chi connectivity index (χ0v) is 19.6. The molecule has 0 radical (unpaired) electrons. The molecular formula is C23H36N6O3. The highest BCUT2D eigenvalue weighted by Crippen LogP contribution is 2.23. The van der Waals surface area contributed by atoms with Crippen LogP contribution in [-0.2, 0) is 11.2 Å². The van der Waals surface area contributed by atoms with E-state index in [1.54, 1.807) is 14.2 Å². The van der Waals surface area contributed by atoms with Crippen LogP contribution in [0.2, 0.25) is 0 Å². The third-order valence-electron chi connectivity index (χ3n) is 5.53. The van der Waals surface area contributed by atoms with E-state index in [1.807, 2.05) is 12.1 Å². The van der Waals surface area contributed by atoms with E-state index < -0.39 is 0 Å². The van der Waals surface area contributed by atoms with Crippen molar-refractivity contribution in [1.82, 2.24) is 25.7 Å². The standard InChI is InChI=1S/C23H36N6O3/c1-17(2)22-27-21(32-28-22)6-5-11-25-23(24-3)26-16-20(29-12-14-31-15-13-29)18-7-9-19(30-4)10-8-18/h7-10,17,20H,5-6,11-16H2,1-4H3,(H2,24,25,26). The number of guanidine groups is 1. The minimum atomic E-state index is 0.219. The molecule has 176 valence electrons. The highest BCUT2D eigenvalue weighted by molar-refractivity contribution is 5.79. The van der Waals surface area contributed by atoms with Crippen LogP contribution in [-0.4, -0.2) is 74.6 Å². The molecule has 1 fully saturated rings. The van der Waals surface area contributed by atoms with E-state index in [0.717, 1.165) is 69.8 Å². The predicted molar refractivity (Wildman–Crippen MR) is 124 cm³/mol. The van der Waals surface area contributed by atoms with Crippen LogP contribution < -0.4 is 15.4 Å². The molecule has 0 bridgehead atoms. The molecule has 9 heteroatoms. The summed E-state index contributed by atoms with van der Waals surface area (Å²) in [5.74, 6) is 3.37. The Bertz CT molecular complexity index is 831. The number of nitrogens with one attached hydrogen (secondary N) is 2. The molecule has 9 nitrogen and oxygen atoms in total. The Labute approximate surface area is 190 Å².